The fourth-order valence-electron chi connectivity index (χ4n) is 1.66. The van der Waals surface area contributed by atoms with Crippen molar-refractivity contribution in [3.63, 3.8) is 0 Å². The number of rotatable bonds is 6. The van der Waals surface area contributed by atoms with Gasteiger partial charge in [0.1, 0.15) is 0 Å². The number of amides is 1. The van der Waals surface area contributed by atoms with Crippen molar-refractivity contribution < 1.29 is 14.7 Å². The van der Waals surface area contributed by atoms with Crippen LogP contribution in [0.25, 0.3) is 0 Å². The van der Waals surface area contributed by atoms with Crippen LogP contribution in [0.1, 0.15) is 30.6 Å². The average Bonchev–Trinajstić information content (AvgIpc) is 2.34. The summed E-state index contributed by atoms with van der Waals surface area (Å²) in [6.07, 6.45) is 3.58. The maximum Gasteiger partial charge on any atom is 0.308 e. The van der Waals surface area contributed by atoms with Crippen molar-refractivity contribution >= 4 is 11.9 Å². The fourth-order valence-corrected chi connectivity index (χ4v) is 1.66. The largest absolute Gasteiger partial charge is 0.481 e. The summed E-state index contributed by atoms with van der Waals surface area (Å²) in [4.78, 5) is 26.6. The molecule has 2 N–H and O–H groups in total. The number of nitrogens with zero attached hydrogens (tertiary/aromatic N) is 1. The Hall–Kier alpha value is -1.91. The van der Waals surface area contributed by atoms with Crippen molar-refractivity contribution in [1.29, 1.82) is 0 Å². The minimum Gasteiger partial charge on any atom is -0.481 e. The molecule has 0 aromatic carbocycles. The second kappa shape index (κ2) is 6.74. The summed E-state index contributed by atoms with van der Waals surface area (Å²) in [5.41, 5.74) is 0.436. The number of carboxylic acids is 1. The molecule has 0 saturated carbocycles. The molecule has 5 nitrogen and oxygen atoms in total. The number of pyridine rings is 1. The van der Waals surface area contributed by atoms with Crippen LogP contribution < -0.4 is 5.32 Å². The van der Waals surface area contributed by atoms with Crippen LogP contribution in [0.5, 0.6) is 0 Å². The Bertz CT molecular complexity index is 404. The van der Waals surface area contributed by atoms with Crippen molar-refractivity contribution in [1.82, 2.24) is 10.3 Å². The SMILES string of the molecule is CC(C)CC(CNC(=O)c1cccnc1)C(=O)O. The maximum atomic E-state index is 11.7. The van der Waals surface area contributed by atoms with Crippen LogP contribution in [-0.4, -0.2) is 28.5 Å². The molecule has 0 spiro atoms. The van der Waals surface area contributed by atoms with E-state index >= 15 is 0 Å². The molecule has 1 aromatic heterocycles. The van der Waals surface area contributed by atoms with Crippen LogP contribution in [0.3, 0.4) is 0 Å². The Balaban J connectivity index is 2.52. The summed E-state index contributed by atoms with van der Waals surface area (Å²) in [5.74, 6) is -1.44. The fraction of sp³-hybridized carbons (Fsp3) is 0.462. The first-order valence-corrected chi connectivity index (χ1v) is 5.91. The van der Waals surface area contributed by atoms with Gasteiger partial charge in [0.2, 0.25) is 0 Å². The summed E-state index contributed by atoms with van der Waals surface area (Å²) in [7, 11) is 0. The summed E-state index contributed by atoms with van der Waals surface area (Å²) >= 11 is 0. The standard InChI is InChI=1S/C13H18N2O3/c1-9(2)6-11(13(17)18)8-15-12(16)10-4-3-5-14-7-10/h3-5,7,9,11H,6,8H2,1-2H3,(H,15,16)(H,17,18). The molecular formula is C13H18N2O3. The third kappa shape index (κ3) is 4.53. The van der Waals surface area contributed by atoms with Gasteiger partial charge in [-0.3, -0.25) is 14.6 Å². The first-order valence-electron chi connectivity index (χ1n) is 5.91. The van der Waals surface area contributed by atoms with Crippen LogP contribution >= 0.6 is 0 Å². The quantitative estimate of drug-likeness (QED) is 0.803. The minimum atomic E-state index is -0.879. The van der Waals surface area contributed by atoms with E-state index in [1.165, 1.54) is 6.20 Å². The average molecular weight is 250 g/mol. The molecule has 0 aliphatic heterocycles. The smallest absolute Gasteiger partial charge is 0.308 e. The minimum absolute atomic E-state index is 0.140. The number of carbonyl (C=O) groups excluding carboxylic acids is 1. The van der Waals surface area contributed by atoms with Gasteiger partial charge in [0.05, 0.1) is 11.5 Å². The third-order valence-electron chi connectivity index (χ3n) is 2.54. The topological polar surface area (TPSA) is 79.3 Å². The van der Waals surface area contributed by atoms with Crippen molar-refractivity contribution in [2.24, 2.45) is 11.8 Å². The zero-order valence-corrected chi connectivity index (χ0v) is 10.6. The molecule has 0 fully saturated rings. The predicted molar refractivity (Wildman–Crippen MR) is 67.2 cm³/mol. The van der Waals surface area contributed by atoms with E-state index in [0.717, 1.165) is 0 Å². The summed E-state index contributed by atoms with van der Waals surface area (Å²) in [5, 5.41) is 11.7. The van der Waals surface area contributed by atoms with Gasteiger partial charge in [-0.25, -0.2) is 0 Å². The van der Waals surface area contributed by atoms with Gasteiger partial charge in [0.15, 0.2) is 0 Å². The molecule has 0 saturated heterocycles. The Labute approximate surface area is 106 Å². The zero-order chi connectivity index (χ0) is 13.5. The number of carbonyl (C=O) groups is 2. The normalized spacial score (nSPS) is 12.2. The first-order chi connectivity index (χ1) is 8.50. The Morgan fingerprint density at radius 2 is 2.17 bits per heavy atom. The molecule has 5 heteroatoms. The Morgan fingerprint density at radius 1 is 1.44 bits per heavy atom. The highest BCUT2D eigenvalue weighted by molar-refractivity contribution is 5.94. The van der Waals surface area contributed by atoms with Crippen LogP contribution in [0, 0.1) is 11.8 Å². The van der Waals surface area contributed by atoms with Gasteiger partial charge < -0.3 is 10.4 Å². The Kier molecular flexibility index (Phi) is 5.30. The van der Waals surface area contributed by atoms with Gasteiger partial charge in [-0.2, -0.15) is 0 Å². The van der Waals surface area contributed by atoms with E-state index in [2.05, 4.69) is 10.3 Å². The maximum absolute atomic E-state index is 11.7. The van der Waals surface area contributed by atoms with E-state index in [1.807, 2.05) is 13.8 Å². The Morgan fingerprint density at radius 3 is 2.67 bits per heavy atom. The van der Waals surface area contributed by atoms with E-state index in [1.54, 1.807) is 18.3 Å². The molecule has 1 amide bonds. The predicted octanol–water partition coefficient (Wildman–Crippen LogP) is 1.56. The van der Waals surface area contributed by atoms with Crippen molar-refractivity contribution in [3.05, 3.63) is 30.1 Å². The second-order valence-electron chi connectivity index (χ2n) is 4.62. The number of carboxylic acid groups (broad SMARTS) is 1. The van der Waals surface area contributed by atoms with Crippen molar-refractivity contribution in [3.8, 4) is 0 Å². The van der Waals surface area contributed by atoms with Gasteiger partial charge in [-0.15, -0.1) is 0 Å². The molecule has 0 aliphatic rings. The monoisotopic (exact) mass is 250 g/mol. The summed E-state index contributed by atoms with van der Waals surface area (Å²) in [6.45, 7) is 4.05. The molecule has 18 heavy (non-hydrogen) atoms. The zero-order valence-electron chi connectivity index (χ0n) is 10.6. The molecular weight excluding hydrogens is 232 g/mol. The molecule has 1 unspecified atom stereocenters. The number of hydrogen-bond acceptors (Lipinski definition) is 3. The lowest BCUT2D eigenvalue weighted by Gasteiger charge is -2.15. The molecule has 1 heterocycles. The van der Waals surface area contributed by atoms with Gasteiger partial charge in [0.25, 0.3) is 5.91 Å². The molecule has 1 atom stereocenters. The van der Waals surface area contributed by atoms with Crippen LogP contribution in [0.4, 0.5) is 0 Å². The lowest BCUT2D eigenvalue weighted by Crippen LogP contribution is -2.33. The van der Waals surface area contributed by atoms with Crippen molar-refractivity contribution in [2.45, 2.75) is 20.3 Å². The van der Waals surface area contributed by atoms with Crippen LogP contribution in [-0.2, 0) is 4.79 Å². The molecule has 98 valence electrons. The van der Waals surface area contributed by atoms with Gasteiger partial charge >= 0.3 is 5.97 Å². The van der Waals surface area contributed by atoms with E-state index in [-0.39, 0.29) is 18.4 Å². The second-order valence-corrected chi connectivity index (χ2v) is 4.62. The van der Waals surface area contributed by atoms with E-state index in [4.69, 9.17) is 5.11 Å². The summed E-state index contributed by atoms with van der Waals surface area (Å²) in [6, 6.07) is 3.30. The lowest BCUT2D eigenvalue weighted by molar-refractivity contribution is -0.142. The van der Waals surface area contributed by atoms with Gasteiger partial charge in [-0.1, -0.05) is 13.8 Å². The number of nitrogens with one attached hydrogen (secondary N) is 1. The molecule has 0 aliphatic carbocycles. The third-order valence-corrected chi connectivity index (χ3v) is 2.54. The molecule has 0 radical (unpaired) electrons. The molecule has 0 bridgehead atoms. The summed E-state index contributed by atoms with van der Waals surface area (Å²) < 4.78 is 0. The first kappa shape index (κ1) is 14.2. The van der Waals surface area contributed by atoms with Crippen LogP contribution in [0.15, 0.2) is 24.5 Å². The van der Waals surface area contributed by atoms with E-state index < -0.39 is 11.9 Å². The number of aromatic nitrogens is 1. The number of aliphatic carboxylic acids is 1. The molecule has 1 rings (SSSR count). The molecule has 1 aromatic rings. The van der Waals surface area contributed by atoms with E-state index in [0.29, 0.717) is 12.0 Å². The van der Waals surface area contributed by atoms with Crippen LogP contribution in [0.2, 0.25) is 0 Å². The number of hydrogen-bond donors (Lipinski definition) is 2. The van der Waals surface area contributed by atoms with Gasteiger partial charge in [-0.05, 0) is 24.5 Å². The highest BCUT2D eigenvalue weighted by Crippen LogP contribution is 2.11. The lowest BCUT2D eigenvalue weighted by atomic mass is 9.97. The van der Waals surface area contributed by atoms with E-state index in [9.17, 15) is 9.59 Å². The van der Waals surface area contributed by atoms with Crippen molar-refractivity contribution in [2.75, 3.05) is 6.54 Å². The van der Waals surface area contributed by atoms with Gasteiger partial charge in [0, 0.05) is 18.9 Å². The highest BCUT2D eigenvalue weighted by Gasteiger charge is 2.19. The highest BCUT2D eigenvalue weighted by atomic mass is 16.4.